The first-order valence-corrected chi connectivity index (χ1v) is 3.39. The third-order valence-electron chi connectivity index (χ3n) is 0.882. The topological polar surface area (TPSA) is 59.4 Å². The van der Waals surface area contributed by atoms with Gasteiger partial charge in [-0.3, -0.25) is 0 Å². The van der Waals surface area contributed by atoms with Crippen LogP contribution in [0, 0.1) is 6.92 Å². The smallest absolute Gasteiger partial charge is 0.449 e. The van der Waals surface area contributed by atoms with Gasteiger partial charge in [-0.1, -0.05) is 11.3 Å². The van der Waals surface area contributed by atoms with Crippen LogP contribution in [0.4, 0.5) is 4.79 Å². The van der Waals surface area contributed by atoms with Crippen LogP contribution < -0.4 is 4.74 Å². The maximum Gasteiger partial charge on any atom is 0.512 e. The van der Waals surface area contributed by atoms with Crippen LogP contribution in [0.15, 0.2) is 5.51 Å². The van der Waals surface area contributed by atoms with Crippen molar-refractivity contribution in [1.29, 1.82) is 0 Å². The van der Waals surface area contributed by atoms with Crippen LogP contribution in [0.1, 0.15) is 5.69 Å². The molecule has 0 amide bonds. The van der Waals surface area contributed by atoms with Gasteiger partial charge in [0.05, 0.1) is 11.2 Å². The minimum atomic E-state index is -1.30. The number of carboxylic acid groups (broad SMARTS) is 1. The van der Waals surface area contributed by atoms with Gasteiger partial charge < -0.3 is 9.84 Å². The maximum atomic E-state index is 9.98. The molecule has 1 aromatic heterocycles. The minimum Gasteiger partial charge on any atom is -0.449 e. The zero-order valence-corrected chi connectivity index (χ0v) is 6.01. The third kappa shape index (κ3) is 1.44. The van der Waals surface area contributed by atoms with Crippen LogP contribution in [-0.2, 0) is 0 Å². The number of hydrogen-bond acceptors (Lipinski definition) is 4. The molecule has 0 spiro atoms. The van der Waals surface area contributed by atoms with Gasteiger partial charge in [-0.15, -0.1) is 0 Å². The molecule has 1 rings (SSSR count). The average Bonchev–Trinajstić information content (AvgIpc) is 2.15. The summed E-state index contributed by atoms with van der Waals surface area (Å²) < 4.78 is 4.36. The van der Waals surface area contributed by atoms with Crippen molar-refractivity contribution in [2.24, 2.45) is 0 Å². The van der Waals surface area contributed by atoms with E-state index in [2.05, 4.69) is 9.72 Å². The summed E-state index contributed by atoms with van der Waals surface area (Å²) in [4.78, 5) is 13.8. The number of aromatic nitrogens is 1. The Morgan fingerprint density at radius 3 is 3.00 bits per heavy atom. The predicted molar refractivity (Wildman–Crippen MR) is 35.5 cm³/mol. The Morgan fingerprint density at radius 1 is 1.90 bits per heavy atom. The Hall–Kier alpha value is -1.10. The molecule has 0 aliphatic heterocycles. The van der Waals surface area contributed by atoms with E-state index in [-0.39, 0.29) is 0 Å². The zero-order chi connectivity index (χ0) is 7.56. The standard InChI is InChI=1S/C5H5NO3S/c1-3-4(9-5(7)8)10-2-6-3/h2H,1H3,(H,7,8). The summed E-state index contributed by atoms with van der Waals surface area (Å²) in [6.45, 7) is 1.69. The molecule has 0 saturated carbocycles. The molecule has 1 heterocycles. The fourth-order valence-corrected chi connectivity index (χ4v) is 1.12. The molecule has 0 aliphatic rings. The van der Waals surface area contributed by atoms with Gasteiger partial charge in [0, 0.05) is 0 Å². The van der Waals surface area contributed by atoms with Crippen LogP contribution in [0.25, 0.3) is 0 Å². The lowest BCUT2D eigenvalue weighted by Crippen LogP contribution is -2.02. The first-order valence-electron chi connectivity index (χ1n) is 2.51. The largest absolute Gasteiger partial charge is 0.512 e. The number of aryl methyl sites for hydroxylation is 1. The van der Waals surface area contributed by atoms with E-state index in [1.54, 1.807) is 6.92 Å². The molecule has 0 aliphatic carbocycles. The molecule has 0 saturated heterocycles. The highest BCUT2D eigenvalue weighted by atomic mass is 32.1. The maximum absolute atomic E-state index is 9.98. The van der Waals surface area contributed by atoms with Gasteiger partial charge in [0.2, 0.25) is 5.06 Å². The van der Waals surface area contributed by atoms with Crippen LogP contribution in [0.2, 0.25) is 0 Å². The van der Waals surface area contributed by atoms with E-state index in [0.29, 0.717) is 10.8 Å². The molecular weight excluding hydrogens is 154 g/mol. The molecular formula is C5H5NO3S. The van der Waals surface area contributed by atoms with Crippen LogP contribution in [-0.4, -0.2) is 16.2 Å². The lowest BCUT2D eigenvalue weighted by atomic mass is 10.6. The number of thiazole rings is 1. The summed E-state index contributed by atoms with van der Waals surface area (Å²) >= 11 is 1.16. The van der Waals surface area contributed by atoms with Gasteiger partial charge in [-0.25, -0.2) is 9.78 Å². The van der Waals surface area contributed by atoms with Crippen molar-refractivity contribution in [2.45, 2.75) is 6.92 Å². The summed E-state index contributed by atoms with van der Waals surface area (Å²) in [5, 5.41) is 8.51. The predicted octanol–water partition coefficient (Wildman–Crippen LogP) is 1.51. The van der Waals surface area contributed by atoms with Crippen molar-refractivity contribution in [3.63, 3.8) is 0 Å². The summed E-state index contributed by atoms with van der Waals surface area (Å²) in [5.41, 5.74) is 2.14. The number of nitrogens with zero attached hydrogens (tertiary/aromatic N) is 1. The van der Waals surface area contributed by atoms with Crippen molar-refractivity contribution in [3.05, 3.63) is 11.2 Å². The first kappa shape index (κ1) is 7.01. The quantitative estimate of drug-likeness (QED) is 0.631. The zero-order valence-electron chi connectivity index (χ0n) is 5.20. The van der Waals surface area contributed by atoms with E-state index < -0.39 is 6.16 Å². The number of carbonyl (C=O) groups is 1. The van der Waals surface area contributed by atoms with Gasteiger partial charge in [0.1, 0.15) is 0 Å². The lowest BCUT2D eigenvalue weighted by molar-refractivity contribution is 0.145. The van der Waals surface area contributed by atoms with E-state index in [1.165, 1.54) is 5.51 Å². The monoisotopic (exact) mass is 159 g/mol. The van der Waals surface area contributed by atoms with Crippen LogP contribution in [0.3, 0.4) is 0 Å². The summed E-state index contributed by atoms with van der Waals surface area (Å²) in [6, 6.07) is 0. The Bertz CT molecular complexity index is 245. The Morgan fingerprint density at radius 2 is 2.60 bits per heavy atom. The molecule has 0 fully saturated rings. The van der Waals surface area contributed by atoms with E-state index in [1.807, 2.05) is 0 Å². The molecule has 1 N–H and O–H groups in total. The highest BCUT2D eigenvalue weighted by Crippen LogP contribution is 2.21. The summed E-state index contributed by atoms with van der Waals surface area (Å²) in [5.74, 6) is 0. The van der Waals surface area contributed by atoms with Crippen LogP contribution >= 0.6 is 11.3 Å². The fourth-order valence-electron chi connectivity index (χ4n) is 0.468. The van der Waals surface area contributed by atoms with Gasteiger partial charge in [-0.05, 0) is 6.92 Å². The third-order valence-corrected chi connectivity index (χ3v) is 1.69. The molecule has 4 nitrogen and oxygen atoms in total. The van der Waals surface area contributed by atoms with Crippen molar-refractivity contribution in [2.75, 3.05) is 0 Å². The second kappa shape index (κ2) is 2.66. The molecule has 0 aromatic carbocycles. The fraction of sp³-hybridized carbons (Fsp3) is 0.200. The molecule has 1 aromatic rings. The van der Waals surface area contributed by atoms with E-state index >= 15 is 0 Å². The Balaban J connectivity index is 2.74. The highest BCUT2D eigenvalue weighted by molar-refractivity contribution is 7.11. The normalized spacial score (nSPS) is 9.30. The molecule has 54 valence electrons. The second-order valence-corrected chi connectivity index (χ2v) is 2.41. The summed E-state index contributed by atoms with van der Waals surface area (Å²) in [7, 11) is 0. The molecule has 10 heavy (non-hydrogen) atoms. The van der Waals surface area contributed by atoms with E-state index in [0.717, 1.165) is 11.3 Å². The SMILES string of the molecule is Cc1ncsc1OC(=O)O. The Labute approximate surface area is 61.1 Å². The van der Waals surface area contributed by atoms with Gasteiger partial charge in [0.25, 0.3) is 0 Å². The number of hydrogen-bond donors (Lipinski definition) is 1. The van der Waals surface area contributed by atoms with Crippen molar-refractivity contribution in [3.8, 4) is 5.06 Å². The summed E-state index contributed by atoms with van der Waals surface area (Å²) in [6.07, 6.45) is -1.30. The highest BCUT2D eigenvalue weighted by Gasteiger charge is 2.05. The molecule has 0 atom stereocenters. The molecule has 0 bridgehead atoms. The number of rotatable bonds is 1. The van der Waals surface area contributed by atoms with Crippen molar-refractivity contribution in [1.82, 2.24) is 4.98 Å². The van der Waals surface area contributed by atoms with E-state index in [4.69, 9.17) is 5.11 Å². The second-order valence-electron chi connectivity index (χ2n) is 1.59. The van der Waals surface area contributed by atoms with Gasteiger partial charge >= 0.3 is 6.16 Å². The van der Waals surface area contributed by atoms with Crippen molar-refractivity contribution < 1.29 is 14.6 Å². The first-order chi connectivity index (χ1) is 4.70. The van der Waals surface area contributed by atoms with E-state index in [9.17, 15) is 4.79 Å². The molecule has 0 radical (unpaired) electrons. The molecule has 0 unspecified atom stereocenters. The van der Waals surface area contributed by atoms with Crippen molar-refractivity contribution >= 4 is 17.5 Å². The minimum absolute atomic E-state index is 0.340. The number of ether oxygens (including phenoxy) is 1. The Kier molecular flexibility index (Phi) is 1.86. The average molecular weight is 159 g/mol. The van der Waals surface area contributed by atoms with Crippen LogP contribution in [0.5, 0.6) is 5.06 Å². The van der Waals surface area contributed by atoms with Gasteiger partial charge in [-0.2, -0.15) is 0 Å². The molecule has 5 heteroatoms. The van der Waals surface area contributed by atoms with Gasteiger partial charge in [0.15, 0.2) is 0 Å². The lowest BCUT2D eigenvalue weighted by Gasteiger charge is -1.92.